The number of hydrogen-bond acceptors (Lipinski definition) is 5. The Morgan fingerprint density at radius 2 is 2.24 bits per heavy atom. The first kappa shape index (κ1) is 18.1. The highest BCUT2D eigenvalue weighted by atomic mass is 32.1. The molecule has 6 heteroatoms. The maximum Gasteiger partial charge on any atom is 0.225 e. The van der Waals surface area contributed by atoms with Crippen molar-refractivity contribution in [3.63, 3.8) is 0 Å². The molecular formula is C15H27N3O2S. The first-order valence-corrected chi connectivity index (χ1v) is 8.54. The molecule has 0 bridgehead atoms. The summed E-state index contributed by atoms with van der Waals surface area (Å²) < 4.78 is 0. The molecular weight excluding hydrogens is 286 g/mol. The molecule has 1 aromatic heterocycles. The van der Waals surface area contributed by atoms with Gasteiger partial charge in [-0.3, -0.25) is 9.69 Å². The minimum absolute atomic E-state index is 0.0253. The van der Waals surface area contributed by atoms with Crippen LogP contribution < -0.4 is 10.2 Å². The van der Waals surface area contributed by atoms with Crippen LogP contribution >= 0.6 is 11.3 Å². The number of hydrogen-bond donors (Lipinski definition) is 2. The van der Waals surface area contributed by atoms with E-state index in [0.29, 0.717) is 19.0 Å². The number of carbonyl (C=O) groups excluding carboxylic acids is 1. The average molecular weight is 313 g/mol. The van der Waals surface area contributed by atoms with Gasteiger partial charge in [-0.2, -0.15) is 0 Å². The topological polar surface area (TPSA) is 65.5 Å². The van der Waals surface area contributed by atoms with Crippen molar-refractivity contribution in [1.82, 2.24) is 10.3 Å². The van der Waals surface area contributed by atoms with Crippen LogP contribution in [0.1, 0.15) is 45.7 Å². The van der Waals surface area contributed by atoms with Crippen molar-refractivity contribution in [2.75, 3.05) is 24.6 Å². The number of thiazole rings is 1. The van der Waals surface area contributed by atoms with Gasteiger partial charge in [0.05, 0.1) is 5.69 Å². The van der Waals surface area contributed by atoms with Crippen LogP contribution in [0.5, 0.6) is 0 Å². The van der Waals surface area contributed by atoms with Crippen LogP contribution in [-0.2, 0) is 11.3 Å². The second-order valence-electron chi connectivity index (χ2n) is 5.18. The van der Waals surface area contributed by atoms with Gasteiger partial charge in [0.25, 0.3) is 0 Å². The molecule has 1 amide bonds. The lowest BCUT2D eigenvalue weighted by molar-refractivity contribution is -0.116. The summed E-state index contributed by atoms with van der Waals surface area (Å²) in [4.78, 5) is 17.7. The number of aliphatic hydroxyl groups excluding tert-OH is 1. The van der Waals surface area contributed by atoms with E-state index in [4.69, 9.17) is 5.11 Å². The highest BCUT2D eigenvalue weighted by molar-refractivity contribution is 7.14. The minimum Gasteiger partial charge on any atom is -0.396 e. The quantitative estimate of drug-likeness (QED) is 0.696. The first-order valence-electron chi connectivity index (χ1n) is 7.66. The molecule has 0 aromatic carbocycles. The summed E-state index contributed by atoms with van der Waals surface area (Å²) in [6, 6.07) is 0. The highest BCUT2D eigenvalue weighted by Gasteiger charge is 2.13. The van der Waals surface area contributed by atoms with E-state index in [0.717, 1.165) is 36.6 Å². The Labute approximate surface area is 131 Å². The summed E-state index contributed by atoms with van der Waals surface area (Å²) in [5.41, 5.74) is 0.967. The molecule has 0 saturated heterocycles. The number of nitrogens with zero attached hydrogens (tertiary/aromatic N) is 2. The fourth-order valence-electron chi connectivity index (χ4n) is 2.34. The van der Waals surface area contributed by atoms with Crippen LogP contribution in [0.15, 0.2) is 5.38 Å². The molecule has 0 radical (unpaired) electrons. The molecule has 1 unspecified atom stereocenters. The van der Waals surface area contributed by atoms with E-state index < -0.39 is 0 Å². The number of nitrogens with one attached hydrogen (secondary N) is 1. The molecule has 2 N–H and O–H groups in total. The zero-order chi connectivity index (χ0) is 15.7. The molecule has 0 saturated carbocycles. The summed E-state index contributed by atoms with van der Waals surface area (Å²) >= 11 is 1.50. The van der Waals surface area contributed by atoms with Crippen LogP contribution in [0.25, 0.3) is 0 Å². The normalized spacial score (nSPS) is 12.4. The Bertz CT molecular complexity index is 417. The number of amides is 1. The van der Waals surface area contributed by atoms with Crippen molar-refractivity contribution in [2.24, 2.45) is 5.92 Å². The Balaban J connectivity index is 2.45. The van der Waals surface area contributed by atoms with Gasteiger partial charge < -0.3 is 10.4 Å². The summed E-state index contributed by atoms with van der Waals surface area (Å²) in [6.07, 6.45) is 3.11. The van der Waals surface area contributed by atoms with Gasteiger partial charge in [-0.1, -0.05) is 13.3 Å². The van der Waals surface area contributed by atoms with E-state index in [1.807, 2.05) is 12.3 Å². The zero-order valence-corrected chi connectivity index (χ0v) is 14.1. The monoisotopic (exact) mass is 313 g/mol. The van der Waals surface area contributed by atoms with Crippen molar-refractivity contribution < 1.29 is 9.90 Å². The van der Waals surface area contributed by atoms with Crippen molar-refractivity contribution in [3.8, 4) is 0 Å². The fourth-order valence-corrected chi connectivity index (χ4v) is 3.27. The molecule has 21 heavy (non-hydrogen) atoms. The molecule has 1 atom stereocenters. The third kappa shape index (κ3) is 6.11. The molecule has 0 aliphatic rings. The summed E-state index contributed by atoms with van der Waals surface area (Å²) in [6.45, 7) is 8.17. The lowest BCUT2D eigenvalue weighted by atomic mass is 10.0. The summed E-state index contributed by atoms with van der Waals surface area (Å²) in [5.74, 6) is 0.541. The number of aromatic nitrogens is 1. The lowest BCUT2D eigenvalue weighted by Gasteiger charge is -2.15. The van der Waals surface area contributed by atoms with Crippen LogP contribution in [0.4, 0.5) is 5.13 Å². The average Bonchev–Trinajstić information content (AvgIpc) is 2.88. The largest absolute Gasteiger partial charge is 0.396 e. The molecule has 120 valence electrons. The predicted octanol–water partition coefficient (Wildman–Crippen LogP) is 2.40. The van der Waals surface area contributed by atoms with Crippen LogP contribution in [-0.4, -0.2) is 35.7 Å². The van der Waals surface area contributed by atoms with E-state index >= 15 is 0 Å². The highest BCUT2D eigenvalue weighted by Crippen LogP contribution is 2.20. The number of aliphatic hydroxyl groups is 1. The van der Waals surface area contributed by atoms with Gasteiger partial charge in [-0.25, -0.2) is 4.98 Å². The molecule has 0 fully saturated rings. The van der Waals surface area contributed by atoms with Crippen LogP contribution in [0, 0.1) is 5.92 Å². The van der Waals surface area contributed by atoms with Gasteiger partial charge in [0, 0.05) is 32.0 Å². The molecule has 1 aromatic rings. The lowest BCUT2D eigenvalue weighted by Crippen LogP contribution is -2.28. The smallest absolute Gasteiger partial charge is 0.225 e. The third-order valence-electron chi connectivity index (χ3n) is 3.44. The molecule has 5 nitrogen and oxygen atoms in total. The van der Waals surface area contributed by atoms with Crippen molar-refractivity contribution >= 4 is 22.4 Å². The third-order valence-corrected chi connectivity index (χ3v) is 4.35. The second-order valence-corrected chi connectivity index (χ2v) is 6.02. The minimum atomic E-state index is 0.0253. The van der Waals surface area contributed by atoms with Gasteiger partial charge >= 0.3 is 0 Å². The maximum atomic E-state index is 11.5. The Morgan fingerprint density at radius 3 is 2.81 bits per heavy atom. The van der Waals surface area contributed by atoms with Crippen molar-refractivity contribution in [3.05, 3.63) is 11.1 Å². The Hall–Kier alpha value is -0.980. The van der Waals surface area contributed by atoms with Gasteiger partial charge in [-0.05, 0) is 32.2 Å². The molecule has 0 aliphatic heterocycles. The van der Waals surface area contributed by atoms with E-state index in [1.165, 1.54) is 11.3 Å². The van der Waals surface area contributed by atoms with Gasteiger partial charge in [0.2, 0.25) is 5.91 Å². The Morgan fingerprint density at radius 1 is 1.48 bits per heavy atom. The number of anilines is 1. The summed E-state index contributed by atoms with van der Waals surface area (Å²) in [7, 11) is 0. The Kier molecular flexibility index (Phi) is 8.49. The maximum absolute atomic E-state index is 11.5. The van der Waals surface area contributed by atoms with Gasteiger partial charge in [-0.15, -0.1) is 11.3 Å². The fraction of sp³-hybridized carbons (Fsp3) is 0.733. The van der Waals surface area contributed by atoms with E-state index in [9.17, 15) is 4.79 Å². The molecule has 0 aliphatic carbocycles. The van der Waals surface area contributed by atoms with Crippen LogP contribution in [0.3, 0.4) is 0 Å². The standard InChI is InChI=1S/C15H27N3O2S/c1-4-6-13(7-8-19)9-16-10-14-11-21-15(17-14)18(5-2)12(3)20/h11,13,16,19H,4-10H2,1-3H3. The zero-order valence-electron chi connectivity index (χ0n) is 13.3. The molecule has 1 rings (SSSR count). The molecule has 1 heterocycles. The van der Waals surface area contributed by atoms with E-state index in [1.54, 1.807) is 11.8 Å². The number of rotatable bonds is 10. The summed E-state index contributed by atoms with van der Waals surface area (Å²) in [5, 5.41) is 15.2. The van der Waals surface area contributed by atoms with E-state index in [-0.39, 0.29) is 12.5 Å². The van der Waals surface area contributed by atoms with Crippen molar-refractivity contribution in [1.29, 1.82) is 0 Å². The van der Waals surface area contributed by atoms with E-state index in [2.05, 4.69) is 17.2 Å². The van der Waals surface area contributed by atoms with Gasteiger partial charge in [0.1, 0.15) is 0 Å². The van der Waals surface area contributed by atoms with Crippen LogP contribution in [0.2, 0.25) is 0 Å². The predicted molar refractivity (Wildman–Crippen MR) is 87.6 cm³/mol. The van der Waals surface area contributed by atoms with Gasteiger partial charge in [0.15, 0.2) is 5.13 Å². The number of carbonyl (C=O) groups is 1. The first-order chi connectivity index (χ1) is 10.1. The SMILES string of the molecule is CCCC(CCO)CNCc1csc(N(CC)C(C)=O)n1. The second kappa shape index (κ2) is 9.87. The molecule has 0 spiro atoms. The van der Waals surface area contributed by atoms with Crippen molar-refractivity contribution in [2.45, 2.75) is 46.6 Å².